The van der Waals surface area contributed by atoms with E-state index in [1.165, 1.54) is 12.4 Å². The lowest BCUT2D eigenvalue weighted by atomic mass is 10.3. The van der Waals surface area contributed by atoms with E-state index in [9.17, 15) is 13.2 Å². The molecule has 0 saturated heterocycles. The summed E-state index contributed by atoms with van der Waals surface area (Å²) in [5.74, 6) is 0.696. The summed E-state index contributed by atoms with van der Waals surface area (Å²) >= 11 is 0. The van der Waals surface area contributed by atoms with Crippen LogP contribution in [0.5, 0.6) is 0 Å². The summed E-state index contributed by atoms with van der Waals surface area (Å²) < 4.78 is 39.3. The summed E-state index contributed by atoms with van der Waals surface area (Å²) in [7, 11) is 0. The van der Waals surface area contributed by atoms with Crippen LogP contribution in [0.1, 0.15) is 18.9 Å². The van der Waals surface area contributed by atoms with E-state index in [1.807, 2.05) is 16.9 Å². The van der Waals surface area contributed by atoms with Crippen LogP contribution in [0.3, 0.4) is 0 Å². The minimum absolute atomic E-state index is 0. The van der Waals surface area contributed by atoms with Crippen LogP contribution in [0.4, 0.5) is 19.0 Å². The van der Waals surface area contributed by atoms with Crippen molar-refractivity contribution in [3.8, 4) is 0 Å². The van der Waals surface area contributed by atoms with Crippen molar-refractivity contribution in [3.05, 3.63) is 30.2 Å². The molecule has 9 heteroatoms. The number of rotatable bonds is 6. The zero-order chi connectivity index (χ0) is 14.6. The van der Waals surface area contributed by atoms with E-state index in [4.69, 9.17) is 0 Å². The zero-order valence-corrected chi connectivity index (χ0v) is 12.3. The van der Waals surface area contributed by atoms with E-state index < -0.39 is 12.7 Å². The molecule has 0 aliphatic heterocycles. The van der Waals surface area contributed by atoms with Crippen LogP contribution in [-0.2, 0) is 19.6 Å². The second kappa shape index (κ2) is 7.35. The van der Waals surface area contributed by atoms with E-state index in [1.54, 1.807) is 0 Å². The van der Waals surface area contributed by atoms with Crippen molar-refractivity contribution in [2.45, 2.75) is 39.2 Å². The number of halogens is 4. The second-order valence-corrected chi connectivity index (χ2v) is 4.48. The van der Waals surface area contributed by atoms with Crippen LogP contribution >= 0.6 is 12.4 Å². The number of aryl methyl sites for hydroxylation is 1. The lowest BCUT2D eigenvalue weighted by Gasteiger charge is -2.05. The molecule has 0 amide bonds. The van der Waals surface area contributed by atoms with Gasteiger partial charge < -0.3 is 5.32 Å². The van der Waals surface area contributed by atoms with Crippen molar-refractivity contribution in [2.24, 2.45) is 0 Å². The third-order valence-electron chi connectivity index (χ3n) is 2.59. The van der Waals surface area contributed by atoms with Crippen molar-refractivity contribution in [1.29, 1.82) is 0 Å². The first-order valence-corrected chi connectivity index (χ1v) is 6.31. The van der Waals surface area contributed by atoms with Gasteiger partial charge in [-0.15, -0.1) is 12.4 Å². The first-order chi connectivity index (χ1) is 9.46. The van der Waals surface area contributed by atoms with E-state index in [0.29, 0.717) is 17.9 Å². The predicted octanol–water partition coefficient (Wildman–Crippen LogP) is 3.09. The summed E-state index contributed by atoms with van der Waals surface area (Å²) in [6.07, 6.45) is 1.39. The first kappa shape index (κ1) is 17.4. The van der Waals surface area contributed by atoms with Crippen molar-refractivity contribution < 1.29 is 13.2 Å². The van der Waals surface area contributed by atoms with Gasteiger partial charge in [-0.25, -0.2) is 0 Å². The number of nitrogens with one attached hydrogen (secondary N) is 1. The molecule has 0 radical (unpaired) electrons. The molecule has 5 nitrogen and oxygen atoms in total. The second-order valence-electron chi connectivity index (χ2n) is 4.48. The zero-order valence-electron chi connectivity index (χ0n) is 11.5. The van der Waals surface area contributed by atoms with E-state index in [0.717, 1.165) is 17.6 Å². The molecule has 0 saturated carbocycles. The molecule has 1 N–H and O–H groups in total. The maximum atomic E-state index is 12.2. The lowest BCUT2D eigenvalue weighted by molar-refractivity contribution is -0.142. The molecule has 0 spiro atoms. The summed E-state index contributed by atoms with van der Waals surface area (Å²) in [5, 5.41) is 11.0. The van der Waals surface area contributed by atoms with Crippen molar-refractivity contribution in [2.75, 3.05) is 5.32 Å². The van der Waals surface area contributed by atoms with Crippen molar-refractivity contribution in [3.63, 3.8) is 0 Å². The Balaban J connectivity index is 0.00000220. The van der Waals surface area contributed by atoms with E-state index >= 15 is 0 Å². The fourth-order valence-electron chi connectivity index (χ4n) is 1.77. The summed E-state index contributed by atoms with van der Waals surface area (Å²) in [6, 6.07) is 1.83. The lowest BCUT2D eigenvalue weighted by Crippen LogP contribution is -2.17. The maximum absolute atomic E-state index is 12.2. The quantitative estimate of drug-likeness (QED) is 0.888. The monoisotopic (exact) mass is 323 g/mol. The molecule has 2 rings (SSSR count). The van der Waals surface area contributed by atoms with Gasteiger partial charge in [0.2, 0.25) is 0 Å². The Morgan fingerprint density at radius 1 is 1.29 bits per heavy atom. The standard InChI is InChI=1S/C12H16F3N5.ClH/c1-2-4-19-5-3-11(18-19)16-6-10-7-17-20(8-10)9-12(13,14)15;/h3,5,7-8H,2,4,6,9H2,1H3,(H,16,18);1H. The Morgan fingerprint density at radius 2 is 2.05 bits per heavy atom. The minimum Gasteiger partial charge on any atom is -0.364 e. The third-order valence-corrected chi connectivity index (χ3v) is 2.59. The number of hydrogen-bond acceptors (Lipinski definition) is 3. The predicted molar refractivity (Wildman–Crippen MR) is 75.4 cm³/mol. The van der Waals surface area contributed by atoms with Crippen LogP contribution in [0, 0.1) is 0 Å². The van der Waals surface area contributed by atoms with Crippen LogP contribution in [0.15, 0.2) is 24.7 Å². The summed E-state index contributed by atoms with van der Waals surface area (Å²) in [5.41, 5.74) is 0.680. The van der Waals surface area contributed by atoms with Gasteiger partial charge in [-0.05, 0) is 6.42 Å². The number of hydrogen-bond donors (Lipinski definition) is 1. The Kier molecular flexibility index (Phi) is 6.07. The molecular formula is C12H17ClF3N5. The van der Waals surface area contributed by atoms with Gasteiger partial charge in [-0.2, -0.15) is 23.4 Å². The number of alkyl halides is 3. The van der Waals surface area contributed by atoms with Gasteiger partial charge in [0.15, 0.2) is 0 Å². The van der Waals surface area contributed by atoms with Gasteiger partial charge in [-0.1, -0.05) is 6.92 Å². The highest BCUT2D eigenvalue weighted by Crippen LogP contribution is 2.17. The van der Waals surface area contributed by atoms with E-state index in [2.05, 4.69) is 22.4 Å². The molecule has 0 bridgehead atoms. The largest absolute Gasteiger partial charge is 0.408 e. The van der Waals surface area contributed by atoms with Gasteiger partial charge in [0, 0.05) is 37.1 Å². The third kappa shape index (κ3) is 5.66. The highest BCUT2D eigenvalue weighted by atomic mass is 35.5. The fraction of sp³-hybridized carbons (Fsp3) is 0.500. The first-order valence-electron chi connectivity index (χ1n) is 6.31. The molecule has 2 aromatic rings. The fourth-order valence-corrected chi connectivity index (χ4v) is 1.77. The SMILES string of the molecule is CCCn1ccc(NCc2cnn(CC(F)(F)F)c2)n1.Cl. The molecule has 118 valence electrons. The van der Waals surface area contributed by atoms with Crippen LogP contribution in [0.2, 0.25) is 0 Å². The molecule has 2 aromatic heterocycles. The summed E-state index contributed by atoms with van der Waals surface area (Å²) in [6.45, 7) is 2.22. The van der Waals surface area contributed by atoms with Crippen molar-refractivity contribution in [1.82, 2.24) is 19.6 Å². The molecule has 0 fully saturated rings. The molecule has 0 aromatic carbocycles. The molecule has 2 heterocycles. The molecular weight excluding hydrogens is 307 g/mol. The van der Waals surface area contributed by atoms with Gasteiger partial charge in [0.05, 0.1) is 6.20 Å². The van der Waals surface area contributed by atoms with Crippen molar-refractivity contribution >= 4 is 18.2 Å². The van der Waals surface area contributed by atoms with Crippen LogP contribution in [0.25, 0.3) is 0 Å². The Morgan fingerprint density at radius 3 is 2.71 bits per heavy atom. The van der Waals surface area contributed by atoms with Crippen LogP contribution in [-0.4, -0.2) is 25.7 Å². The maximum Gasteiger partial charge on any atom is 0.408 e. The molecule has 0 unspecified atom stereocenters. The highest BCUT2D eigenvalue weighted by molar-refractivity contribution is 5.85. The Labute approximate surface area is 126 Å². The average Bonchev–Trinajstić information content (AvgIpc) is 2.94. The van der Waals surface area contributed by atoms with Crippen LogP contribution < -0.4 is 5.32 Å². The normalized spacial score (nSPS) is 11.2. The van der Waals surface area contributed by atoms with Gasteiger partial charge in [0.25, 0.3) is 0 Å². The number of aromatic nitrogens is 4. The number of anilines is 1. The Bertz CT molecular complexity index is 549. The van der Waals surface area contributed by atoms with Gasteiger partial charge in [0.1, 0.15) is 12.4 Å². The molecule has 21 heavy (non-hydrogen) atoms. The minimum atomic E-state index is -4.25. The van der Waals surface area contributed by atoms with Gasteiger partial charge in [-0.3, -0.25) is 9.36 Å². The smallest absolute Gasteiger partial charge is 0.364 e. The number of nitrogens with zero attached hydrogens (tertiary/aromatic N) is 4. The summed E-state index contributed by atoms with van der Waals surface area (Å²) in [4.78, 5) is 0. The molecule has 0 aliphatic carbocycles. The molecule has 0 atom stereocenters. The topological polar surface area (TPSA) is 47.7 Å². The average molecular weight is 324 g/mol. The van der Waals surface area contributed by atoms with Gasteiger partial charge >= 0.3 is 6.18 Å². The van der Waals surface area contributed by atoms with E-state index in [-0.39, 0.29) is 12.4 Å². The highest BCUT2D eigenvalue weighted by Gasteiger charge is 2.28. The Hall–Kier alpha value is -1.70. The molecule has 0 aliphatic rings.